The lowest BCUT2D eigenvalue weighted by Gasteiger charge is -2.10. The van der Waals surface area contributed by atoms with Crippen LogP contribution in [0.3, 0.4) is 0 Å². The van der Waals surface area contributed by atoms with Crippen LogP contribution in [0.5, 0.6) is 0 Å². The molecule has 0 amide bonds. The second kappa shape index (κ2) is 2.56. The molecule has 0 aromatic rings. The predicted octanol–water partition coefficient (Wildman–Crippen LogP) is 0.440. The molecule has 2 nitrogen and oxygen atoms in total. The van der Waals surface area contributed by atoms with E-state index in [0.29, 0.717) is 0 Å². The van der Waals surface area contributed by atoms with Crippen LogP contribution in [-0.2, 0) is 4.79 Å². The number of carbonyl (C=O) groups is 1. The van der Waals surface area contributed by atoms with Gasteiger partial charge in [0.25, 0.3) is 0 Å². The molecule has 46 valence electrons. The van der Waals surface area contributed by atoms with Crippen molar-refractivity contribution in [3.8, 4) is 0 Å². The molecule has 3 heteroatoms. The van der Waals surface area contributed by atoms with Crippen molar-refractivity contribution in [2.24, 2.45) is 0 Å². The van der Waals surface area contributed by atoms with Gasteiger partial charge < -0.3 is 4.79 Å². The van der Waals surface area contributed by atoms with Crippen molar-refractivity contribution in [3.63, 3.8) is 0 Å². The third kappa shape index (κ3) is 1.07. The minimum Gasteiger partial charge on any atom is -0.302 e. The third-order valence-electron chi connectivity index (χ3n) is 1.50. The van der Waals surface area contributed by atoms with Gasteiger partial charge in [0, 0.05) is 6.54 Å². The number of rotatable bonds is 1. The summed E-state index contributed by atoms with van der Waals surface area (Å²) in [6.07, 6.45) is 3.21. The fraction of sp³-hybridized carbons (Fsp3) is 0.800. The smallest absolute Gasteiger partial charge is 0.137 e. The van der Waals surface area contributed by atoms with Gasteiger partial charge in [-0.15, -0.1) is 0 Å². The minimum absolute atomic E-state index is 0.181. The van der Waals surface area contributed by atoms with Crippen LogP contribution in [0.15, 0.2) is 0 Å². The molecule has 0 aliphatic carbocycles. The van der Waals surface area contributed by atoms with Gasteiger partial charge in [0.15, 0.2) is 0 Å². The zero-order valence-electron chi connectivity index (χ0n) is 4.71. The summed E-state index contributed by atoms with van der Waals surface area (Å²) in [4.78, 5) is 10.2. The summed E-state index contributed by atoms with van der Waals surface area (Å²) in [7, 11) is 2.56. The molecule has 0 radical (unpaired) electrons. The van der Waals surface area contributed by atoms with E-state index in [1.54, 1.807) is 0 Å². The van der Waals surface area contributed by atoms with Gasteiger partial charge in [-0.25, -0.2) is 0 Å². The first kappa shape index (κ1) is 6.18. The first-order valence-corrected chi connectivity index (χ1v) is 3.33. The number of carbonyl (C=O) groups excluding carboxylic acids is 1. The minimum atomic E-state index is 0.181. The molecule has 0 aromatic carbocycles. The van der Waals surface area contributed by atoms with Gasteiger partial charge in [0.05, 0.1) is 6.04 Å². The molecule has 1 aliphatic heterocycles. The number of nitrogens with zero attached hydrogens (tertiary/aromatic N) is 1. The maximum absolute atomic E-state index is 10.2. The second-order valence-electron chi connectivity index (χ2n) is 2.08. The Hall–Kier alpha value is 0.0600. The largest absolute Gasteiger partial charge is 0.302 e. The summed E-state index contributed by atoms with van der Waals surface area (Å²) < 4.78 is 2.01. The molecule has 1 rings (SSSR count). The molecule has 0 saturated carbocycles. The van der Waals surface area contributed by atoms with Crippen LogP contribution >= 0.6 is 9.39 Å². The van der Waals surface area contributed by atoms with Gasteiger partial charge in [-0.3, -0.25) is 4.67 Å². The highest BCUT2D eigenvalue weighted by atomic mass is 31.0. The van der Waals surface area contributed by atoms with Crippen molar-refractivity contribution in [2.45, 2.75) is 18.9 Å². The number of aldehydes is 1. The van der Waals surface area contributed by atoms with Crippen LogP contribution in [0.1, 0.15) is 12.8 Å². The van der Waals surface area contributed by atoms with Gasteiger partial charge in [-0.1, -0.05) is 9.39 Å². The van der Waals surface area contributed by atoms with Crippen LogP contribution in [0.25, 0.3) is 0 Å². The Kier molecular flexibility index (Phi) is 1.98. The zero-order chi connectivity index (χ0) is 5.98. The van der Waals surface area contributed by atoms with Crippen molar-refractivity contribution < 1.29 is 4.79 Å². The predicted molar refractivity (Wildman–Crippen MR) is 35.5 cm³/mol. The summed E-state index contributed by atoms with van der Waals surface area (Å²) in [5.41, 5.74) is 0. The van der Waals surface area contributed by atoms with Gasteiger partial charge in [-0.2, -0.15) is 0 Å². The van der Waals surface area contributed by atoms with Crippen LogP contribution in [0.4, 0.5) is 0 Å². The van der Waals surface area contributed by atoms with Crippen LogP contribution < -0.4 is 0 Å². The normalized spacial score (nSPS) is 30.9. The molecule has 0 spiro atoms. The lowest BCUT2D eigenvalue weighted by Crippen LogP contribution is -2.19. The molecule has 2 atom stereocenters. The molecule has 0 N–H and O–H groups in total. The van der Waals surface area contributed by atoms with Crippen molar-refractivity contribution in [1.29, 1.82) is 0 Å². The van der Waals surface area contributed by atoms with Crippen molar-refractivity contribution >= 4 is 15.7 Å². The van der Waals surface area contributed by atoms with Gasteiger partial charge in [0.2, 0.25) is 0 Å². The molecule has 0 bridgehead atoms. The van der Waals surface area contributed by atoms with Gasteiger partial charge >= 0.3 is 0 Å². The third-order valence-corrected chi connectivity index (χ3v) is 2.14. The quantitative estimate of drug-likeness (QED) is 0.380. The average molecular weight is 131 g/mol. The summed E-state index contributed by atoms with van der Waals surface area (Å²) >= 11 is 0. The fourth-order valence-corrected chi connectivity index (χ4v) is 1.36. The summed E-state index contributed by atoms with van der Waals surface area (Å²) in [5, 5.41) is 0. The number of hydrogen-bond acceptors (Lipinski definition) is 2. The monoisotopic (exact) mass is 131 g/mol. The van der Waals surface area contributed by atoms with E-state index in [0.717, 1.165) is 25.7 Å². The maximum atomic E-state index is 10.2. The fourth-order valence-electron chi connectivity index (χ4n) is 0.961. The maximum Gasteiger partial charge on any atom is 0.137 e. The molecule has 1 aliphatic rings. The molecule has 1 saturated heterocycles. The zero-order valence-corrected chi connectivity index (χ0v) is 5.86. The first-order valence-electron chi connectivity index (χ1n) is 2.81. The van der Waals surface area contributed by atoms with Crippen LogP contribution in [-0.4, -0.2) is 23.5 Å². The van der Waals surface area contributed by atoms with Crippen LogP contribution in [0.2, 0.25) is 0 Å². The highest BCUT2D eigenvalue weighted by molar-refractivity contribution is 7.13. The van der Waals surface area contributed by atoms with E-state index < -0.39 is 0 Å². The van der Waals surface area contributed by atoms with E-state index in [2.05, 4.69) is 9.39 Å². The molecule has 1 fully saturated rings. The van der Waals surface area contributed by atoms with Crippen LogP contribution in [0, 0.1) is 0 Å². The first-order chi connectivity index (χ1) is 3.84. The molecule has 8 heavy (non-hydrogen) atoms. The summed E-state index contributed by atoms with van der Waals surface area (Å²) in [5.74, 6) is 0. The average Bonchev–Trinajstić information content (AvgIpc) is 2.14. The highest BCUT2D eigenvalue weighted by Gasteiger charge is 2.19. The Morgan fingerprint density at radius 1 is 1.75 bits per heavy atom. The molecular weight excluding hydrogens is 121 g/mol. The van der Waals surface area contributed by atoms with E-state index in [4.69, 9.17) is 0 Å². The van der Waals surface area contributed by atoms with E-state index >= 15 is 0 Å². The molecular formula is C5H10NOP. The highest BCUT2D eigenvalue weighted by Crippen LogP contribution is 2.18. The Bertz CT molecular complexity index is 96.4. The van der Waals surface area contributed by atoms with E-state index in [-0.39, 0.29) is 6.04 Å². The molecule has 2 unspecified atom stereocenters. The standard InChI is InChI=1S/C5H10NOP/c7-4-5-2-1-3-6(5)8/h4-5H,1-3,8H2. The van der Waals surface area contributed by atoms with Crippen molar-refractivity contribution in [1.82, 2.24) is 4.67 Å². The SMILES string of the molecule is O=CC1CCCN1P. The van der Waals surface area contributed by atoms with E-state index in [1.807, 2.05) is 4.67 Å². The van der Waals surface area contributed by atoms with Crippen molar-refractivity contribution in [3.05, 3.63) is 0 Å². The number of hydrogen-bond donors (Lipinski definition) is 0. The Morgan fingerprint density at radius 2 is 2.50 bits per heavy atom. The lowest BCUT2D eigenvalue weighted by atomic mass is 10.2. The Labute approximate surface area is 51.5 Å². The van der Waals surface area contributed by atoms with Gasteiger partial charge in [-0.05, 0) is 12.8 Å². The summed E-state index contributed by atoms with van der Waals surface area (Å²) in [6.45, 7) is 1.05. The summed E-state index contributed by atoms with van der Waals surface area (Å²) in [6, 6.07) is 0.181. The van der Waals surface area contributed by atoms with E-state index in [9.17, 15) is 4.79 Å². The van der Waals surface area contributed by atoms with E-state index in [1.165, 1.54) is 0 Å². The Balaban J connectivity index is 2.41. The van der Waals surface area contributed by atoms with Gasteiger partial charge in [0.1, 0.15) is 6.29 Å². The molecule has 1 heterocycles. The topological polar surface area (TPSA) is 20.3 Å². The Morgan fingerprint density at radius 3 is 2.75 bits per heavy atom. The lowest BCUT2D eigenvalue weighted by molar-refractivity contribution is -0.110. The second-order valence-corrected chi connectivity index (χ2v) is 2.75. The van der Waals surface area contributed by atoms with Crippen molar-refractivity contribution in [2.75, 3.05) is 6.54 Å². The molecule has 0 aromatic heterocycles.